The number of ether oxygens (including phenoxy) is 3. The number of nitrogens with zero attached hydrogens (tertiary/aromatic N) is 2. The molecule has 0 spiro atoms. The van der Waals surface area contributed by atoms with Crippen molar-refractivity contribution in [2.45, 2.75) is 19.3 Å². The van der Waals surface area contributed by atoms with Crippen molar-refractivity contribution < 1.29 is 19.0 Å². The number of hydrogen-bond acceptors (Lipinski definition) is 5. The third-order valence-corrected chi connectivity index (χ3v) is 3.89. The van der Waals surface area contributed by atoms with E-state index in [1.54, 1.807) is 23.1 Å². The molecular weight excluding hydrogens is 284 g/mol. The van der Waals surface area contributed by atoms with Crippen LogP contribution in [0.2, 0.25) is 0 Å². The van der Waals surface area contributed by atoms with E-state index in [4.69, 9.17) is 14.2 Å². The fourth-order valence-corrected chi connectivity index (χ4v) is 2.66. The summed E-state index contributed by atoms with van der Waals surface area (Å²) < 4.78 is 16.1. The highest BCUT2D eigenvalue weighted by molar-refractivity contribution is 5.81. The first-order chi connectivity index (χ1) is 10.8. The SMILES string of the molecule is N#CC(CCOc1ccc2c(c1)OCO2)C(=O)N1CCCC1. The smallest absolute Gasteiger partial charge is 0.240 e. The maximum atomic E-state index is 12.2. The summed E-state index contributed by atoms with van der Waals surface area (Å²) in [7, 11) is 0. The van der Waals surface area contributed by atoms with Gasteiger partial charge in [-0.05, 0) is 25.0 Å². The number of carbonyl (C=O) groups is 1. The molecule has 3 rings (SSSR count). The summed E-state index contributed by atoms with van der Waals surface area (Å²) >= 11 is 0. The molecule has 0 N–H and O–H groups in total. The summed E-state index contributed by atoms with van der Waals surface area (Å²) in [6.07, 6.45) is 2.44. The minimum Gasteiger partial charge on any atom is -0.493 e. The molecule has 0 aliphatic carbocycles. The first-order valence-corrected chi connectivity index (χ1v) is 7.49. The van der Waals surface area contributed by atoms with Gasteiger partial charge in [-0.3, -0.25) is 4.79 Å². The Morgan fingerprint density at radius 3 is 2.86 bits per heavy atom. The van der Waals surface area contributed by atoms with Crippen LogP contribution in [0, 0.1) is 17.2 Å². The van der Waals surface area contributed by atoms with Gasteiger partial charge >= 0.3 is 0 Å². The third-order valence-electron chi connectivity index (χ3n) is 3.89. The van der Waals surface area contributed by atoms with Gasteiger partial charge in [0.1, 0.15) is 11.7 Å². The predicted octanol–water partition coefficient (Wildman–Crippen LogP) is 1.95. The molecular formula is C16H18N2O4. The molecule has 2 heterocycles. The van der Waals surface area contributed by atoms with Gasteiger partial charge in [-0.2, -0.15) is 5.26 Å². The van der Waals surface area contributed by atoms with Crippen LogP contribution in [0.15, 0.2) is 18.2 Å². The largest absolute Gasteiger partial charge is 0.493 e. The van der Waals surface area contributed by atoms with Crippen molar-refractivity contribution in [2.24, 2.45) is 5.92 Å². The monoisotopic (exact) mass is 302 g/mol. The molecule has 1 aromatic carbocycles. The summed E-state index contributed by atoms with van der Waals surface area (Å²) in [5, 5.41) is 9.19. The highest BCUT2D eigenvalue weighted by Gasteiger charge is 2.26. The highest BCUT2D eigenvalue weighted by atomic mass is 16.7. The number of nitriles is 1. The van der Waals surface area contributed by atoms with Gasteiger partial charge in [-0.1, -0.05) is 0 Å². The molecule has 1 atom stereocenters. The van der Waals surface area contributed by atoms with Crippen LogP contribution in [-0.4, -0.2) is 37.3 Å². The molecule has 1 unspecified atom stereocenters. The molecule has 6 nitrogen and oxygen atoms in total. The Labute approximate surface area is 129 Å². The van der Waals surface area contributed by atoms with Gasteiger partial charge in [0, 0.05) is 25.6 Å². The maximum absolute atomic E-state index is 12.2. The molecule has 6 heteroatoms. The van der Waals surface area contributed by atoms with Gasteiger partial charge in [-0.25, -0.2) is 0 Å². The van der Waals surface area contributed by atoms with Gasteiger partial charge < -0.3 is 19.1 Å². The second-order valence-corrected chi connectivity index (χ2v) is 5.37. The normalized spacial score (nSPS) is 17.1. The van der Waals surface area contributed by atoms with Crippen LogP contribution in [0.4, 0.5) is 0 Å². The average molecular weight is 302 g/mol. The molecule has 116 valence electrons. The zero-order valence-corrected chi connectivity index (χ0v) is 12.3. The van der Waals surface area contributed by atoms with Crippen molar-refractivity contribution in [2.75, 3.05) is 26.5 Å². The van der Waals surface area contributed by atoms with E-state index in [0.717, 1.165) is 25.9 Å². The molecule has 1 amide bonds. The average Bonchev–Trinajstić information content (AvgIpc) is 3.21. The van der Waals surface area contributed by atoms with E-state index in [2.05, 4.69) is 6.07 Å². The van der Waals surface area contributed by atoms with Crippen molar-refractivity contribution in [3.05, 3.63) is 18.2 Å². The number of likely N-dealkylation sites (tertiary alicyclic amines) is 1. The van der Waals surface area contributed by atoms with Crippen LogP contribution in [0.5, 0.6) is 17.2 Å². The lowest BCUT2D eigenvalue weighted by Crippen LogP contribution is -2.33. The minimum atomic E-state index is -0.632. The van der Waals surface area contributed by atoms with Crippen molar-refractivity contribution in [3.63, 3.8) is 0 Å². The zero-order chi connectivity index (χ0) is 15.4. The lowest BCUT2D eigenvalue weighted by Gasteiger charge is -2.18. The molecule has 0 aromatic heterocycles. The maximum Gasteiger partial charge on any atom is 0.240 e. The van der Waals surface area contributed by atoms with E-state index >= 15 is 0 Å². The molecule has 1 aromatic rings. The summed E-state index contributed by atoms with van der Waals surface area (Å²) in [6, 6.07) is 7.42. The number of rotatable bonds is 5. The predicted molar refractivity (Wildman–Crippen MR) is 77.6 cm³/mol. The Morgan fingerprint density at radius 2 is 2.09 bits per heavy atom. The minimum absolute atomic E-state index is 0.0747. The second-order valence-electron chi connectivity index (χ2n) is 5.37. The third kappa shape index (κ3) is 3.08. The Bertz CT molecular complexity index is 590. The summed E-state index contributed by atoms with van der Waals surface area (Å²) in [6.45, 7) is 2.07. The molecule has 0 saturated carbocycles. The zero-order valence-electron chi connectivity index (χ0n) is 12.3. The van der Waals surface area contributed by atoms with E-state index in [1.807, 2.05) is 0 Å². The number of amides is 1. The van der Waals surface area contributed by atoms with Gasteiger partial charge in [0.2, 0.25) is 12.7 Å². The van der Waals surface area contributed by atoms with Crippen LogP contribution in [0.25, 0.3) is 0 Å². The molecule has 2 aliphatic heterocycles. The van der Waals surface area contributed by atoms with E-state index in [0.29, 0.717) is 30.3 Å². The van der Waals surface area contributed by atoms with Crippen LogP contribution in [0.1, 0.15) is 19.3 Å². The van der Waals surface area contributed by atoms with Gasteiger partial charge in [0.15, 0.2) is 11.5 Å². The van der Waals surface area contributed by atoms with E-state index in [-0.39, 0.29) is 12.7 Å². The Kier molecular flexibility index (Phi) is 4.33. The van der Waals surface area contributed by atoms with Gasteiger partial charge in [0.25, 0.3) is 0 Å². The quantitative estimate of drug-likeness (QED) is 0.831. The number of fused-ring (bicyclic) bond motifs is 1. The second kappa shape index (κ2) is 6.56. The molecule has 1 saturated heterocycles. The lowest BCUT2D eigenvalue weighted by atomic mass is 10.1. The molecule has 2 aliphatic rings. The van der Waals surface area contributed by atoms with Crippen LogP contribution in [0.3, 0.4) is 0 Å². The number of hydrogen-bond donors (Lipinski definition) is 0. The first kappa shape index (κ1) is 14.5. The van der Waals surface area contributed by atoms with E-state index < -0.39 is 5.92 Å². The Balaban J connectivity index is 1.51. The summed E-state index contributed by atoms with van der Waals surface area (Å²) in [5.41, 5.74) is 0. The van der Waals surface area contributed by atoms with Crippen LogP contribution >= 0.6 is 0 Å². The Hall–Kier alpha value is -2.42. The topological polar surface area (TPSA) is 71.8 Å². The lowest BCUT2D eigenvalue weighted by molar-refractivity contribution is -0.133. The van der Waals surface area contributed by atoms with Crippen LogP contribution < -0.4 is 14.2 Å². The summed E-state index contributed by atoms with van der Waals surface area (Å²) in [5.74, 6) is 1.30. The summed E-state index contributed by atoms with van der Waals surface area (Å²) in [4.78, 5) is 14.0. The number of benzene rings is 1. The van der Waals surface area contributed by atoms with Crippen molar-refractivity contribution >= 4 is 5.91 Å². The van der Waals surface area contributed by atoms with Crippen molar-refractivity contribution in [1.29, 1.82) is 5.26 Å². The van der Waals surface area contributed by atoms with Gasteiger partial charge in [0.05, 0.1) is 12.7 Å². The van der Waals surface area contributed by atoms with Gasteiger partial charge in [-0.15, -0.1) is 0 Å². The van der Waals surface area contributed by atoms with E-state index in [1.165, 1.54) is 0 Å². The van der Waals surface area contributed by atoms with E-state index in [9.17, 15) is 10.1 Å². The molecule has 1 fully saturated rings. The molecule has 0 bridgehead atoms. The highest BCUT2D eigenvalue weighted by Crippen LogP contribution is 2.35. The number of carbonyl (C=O) groups excluding carboxylic acids is 1. The molecule has 22 heavy (non-hydrogen) atoms. The Morgan fingerprint density at radius 1 is 1.32 bits per heavy atom. The standard InChI is InChI=1S/C16H18N2O4/c17-10-12(16(19)18-6-1-2-7-18)5-8-20-13-3-4-14-15(9-13)22-11-21-14/h3-4,9,12H,1-2,5-8,11H2. The fraction of sp³-hybridized carbons (Fsp3) is 0.500. The van der Waals surface area contributed by atoms with Crippen molar-refractivity contribution in [3.8, 4) is 23.3 Å². The fourth-order valence-electron chi connectivity index (χ4n) is 2.66. The van der Waals surface area contributed by atoms with Crippen molar-refractivity contribution in [1.82, 2.24) is 4.90 Å². The first-order valence-electron chi connectivity index (χ1n) is 7.49. The molecule has 0 radical (unpaired) electrons. The van der Waals surface area contributed by atoms with Crippen LogP contribution in [-0.2, 0) is 4.79 Å².